The van der Waals surface area contributed by atoms with Crippen LogP contribution in [0.2, 0.25) is 5.02 Å². The van der Waals surface area contributed by atoms with Gasteiger partial charge in [-0.2, -0.15) is 0 Å². The monoisotopic (exact) mass is 310 g/mol. The van der Waals surface area contributed by atoms with Crippen molar-refractivity contribution in [2.45, 2.75) is 45.2 Å². The highest BCUT2D eigenvalue weighted by atomic mass is 35.5. The molecule has 1 N–H and O–H groups in total. The number of rotatable bonds is 3. The summed E-state index contributed by atoms with van der Waals surface area (Å²) in [4.78, 5) is 2.10. The van der Waals surface area contributed by atoms with E-state index in [2.05, 4.69) is 17.1 Å². The molecule has 0 bridgehead atoms. The highest BCUT2D eigenvalue weighted by Gasteiger charge is 2.22. The SMILES string of the molecule is C[C@H]1CCCC[C@H]1NC(=S)N(C)Cc1ccc(Cl)cc1. The number of halogens is 1. The first-order chi connectivity index (χ1) is 9.56. The average Bonchev–Trinajstić information content (AvgIpc) is 2.44. The molecule has 2 atom stereocenters. The molecule has 1 aromatic rings. The summed E-state index contributed by atoms with van der Waals surface area (Å²) in [7, 11) is 2.04. The van der Waals surface area contributed by atoms with Crippen molar-refractivity contribution in [3.63, 3.8) is 0 Å². The van der Waals surface area contributed by atoms with Gasteiger partial charge in [-0.3, -0.25) is 0 Å². The molecule has 0 amide bonds. The van der Waals surface area contributed by atoms with Gasteiger partial charge in [-0.15, -0.1) is 0 Å². The van der Waals surface area contributed by atoms with Crippen LogP contribution in [0.3, 0.4) is 0 Å². The van der Waals surface area contributed by atoms with Crippen LogP contribution >= 0.6 is 23.8 Å². The van der Waals surface area contributed by atoms with Crippen LogP contribution in [0.15, 0.2) is 24.3 Å². The van der Waals surface area contributed by atoms with Crippen LogP contribution in [0.25, 0.3) is 0 Å². The number of hydrogen-bond acceptors (Lipinski definition) is 1. The second-order valence-corrected chi connectivity index (χ2v) is 6.62. The average molecular weight is 311 g/mol. The van der Waals surface area contributed by atoms with E-state index < -0.39 is 0 Å². The second kappa shape index (κ2) is 7.28. The largest absolute Gasteiger partial charge is 0.360 e. The number of thiocarbonyl (C=S) groups is 1. The molecule has 4 heteroatoms. The van der Waals surface area contributed by atoms with Crippen molar-refractivity contribution < 1.29 is 0 Å². The zero-order valence-electron chi connectivity index (χ0n) is 12.2. The fraction of sp³-hybridized carbons (Fsp3) is 0.562. The van der Waals surface area contributed by atoms with Crippen molar-refractivity contribution in [1.82, 2.24) is 10.2 Å². The van der Waals surface area contributed by atoms with Crippen LogP contribution in [-0.2, 0) is 6.54 Å². The zero-order chi connectivity index (χ0) is 14.5. The Bertz CT molecular complexity index is 446. The van der Waals surface area contributed by atoms with E-state index in [1.165, 1.54) is 31.2 Å². The molecule has 0 saturated heterocycles. The van der Waals surface area contributed by atoms with Crippen LogP contribution in [0.4, 0.5) is 0 Å². The predicted molar refractivity (Wildman–Crippen MR) is 90.1 cm³/mol. The summed E-state index contributed by atoms with van der Waals surface area (Å²) in [6.45, 7) is 3.13. The number of benzene rings is 1. The molecule has 0 spiro atoms. The molecule has 2 nitrogen and oxygen atoms in total. The minimum Gasteiger partial charge on any atom is -0.360 e. The standard InChI is InChI=1S/C16H23ClN2S/c1-12-5-3-4-6-15(12)18-16(20)19(2)11-13-7-9-14(17)10-8-13/h7-10,12,15H,3-6,11H2,1-2H3,(H,18,20)/t12-,15+/m0/s1. The Balaban J connectivity index is 1.86. The Hall–Kier alpha value is -0.800. The van der Waals surface area contributed by atoms with Gasteiger partial charge in [0, 0.05) is 24.7 Å². The van der Waals surface area contributed by atoms with Crippen LogP contribution in [0, 0.1) is 5.92 Å². The van der Waals surface area contributed by atoms with Crippen molar-refractivity contribution >= 4 is 28.9 Å². The molecule has 20 heavy (non-hydrogen) atoms. The van der Waals surface area contributed by atoms with E-state index in [-0.39, 0.29) is 0 Å². The molecule has 0 aliphatic heterocycles. The first kappa shape index (κ1) is 15.6. The van der Waals surface area contributed by atoms with Crippen molar-refractivity contribution in [2.24, 2.45) is 5.92 Å². The summed E-state index contributed by atoms with van der Waals surface area (Å²) in [5.74, 6) is 0.714. The number of nitrogens with one attached hydrogen (secondary N) is 1. The number of nitrogens with zero attached hydrogens (tertiary/aromatic N) is 1. The van der Waals surface area contributed by atoms with Crippen LogP contribution in [0.1, 0.15) is 38.2 Å². The van der Waals surface area contributed by atoms with Gasteiger partial charge in [-0.05, 0) is 48.7 Å². The smallest absolute Gasteiger partial charge is 0.169 e. The van der Waals surface area contributed by atoms with Gasteiger partial charge in [0.15, 0.2) is 5.11 Å². The first-order valence-electron chi connectivity index (χ1n) is 7.32. The summed E-state index contributed by atoms with van der Waals surface area (Å²) < 4.78 is 0. The lowest BCUT2D eigenvalue weighted by Gasteiger charge is -2.33. The lowest BCUT2D eigenvalue weighted by molar-refractivity contribution is 0.300. The molecular weight excluding hydrogens is 288 g/mol. The Morgan fingerprint density at radius 1 is 1.30 bits per heavy atom. The molecule has 0 heterocycles. The summed E-state index contributed by atoms with van der Waals surface area (Å²) in [5.41, 5.74) is 1.22. The van der Waals surface area contributed by atoms with Gasteiger partial charge in [-0.25, -0.2) is 0 Å². The van der Waals surface area contributed by atoms with E-state index in [1.807, 2.05) is 31.3 Å². The van der Waals surface area contributed by atoms with Gasteiger partial charge >= 0.3 is 0 Å². The first-order valence-corrected chi connectivity index (χ1v) is 8.11. The molecule has 1 fully saturated rings. The van der Waals surface area contributed by atoms with Crippen molar-refractivity contribution in [2.75, 3.05) is 7.05 Å². The summed E-state index contributed by atoms with van der Waals surface area (Å²) >= 11 is 11.4. The molecular formula is C16H23ClN2S. The molecule has 110 valence electrons. The second-order valence-electron chi connectivity index (χ2n) is 5.80. The Labute approximate surface area is 132 Å². The summed E-state index contributed by atoms with van der Waals surface area (Å²) in [6, 6.07) is 8.47. The molecule has 2 rings (SSSR count). The maximum atomic E-state index is 5.90. The molecule has 1 aliphatic rings. The molecule has 0 aromatic heterocycles. The lowest BCUT2D eigenvalue weighted by atomic mass is 9.86. The van der Waals surface area contributed by atoms with Gasteiger partial charge in [0.25, 0.3) is 0 Å². The third kappa shape index (κ3) is 4.35. The summed E-state index contributed by atoms with van der Waals surface area (Å²) in [6.07, 6.45) is 5.20. The van der Waals surface area contributed by atoms with Crippen LogP contribution < -0.4 is 5.32 Å². The third-order valence-electron chi connectivity index (χ3n) is 4.10. The Kier molecular flexibility index (Phi) is 5.67. The van der Waals surface area contributed by atoms with Crippen LogP contribution in [0.5, 0.6) is 0 Å². The van der Waals surface area contributed by atoms with Gasteiger partial charge in [0.2, 0.25) is 0 Å². The predicted octanol–water partition coefficient (Wildman–Crippen LogP) is 4.23. The maximum absolute atomic E-state index is 5.90. The topological polar surface area (TPSA) is 15.3 Å². The Morgan fingerprint density at radius 3 is 2.60 bits per heavy atom. The van der Waals surface area contributed by atoms with Crippen molar-refractivity contribution in [3.05, 3.63) is 34.9 Å². The van der Waals surface area contributed by atoms with Gasteiger partial charge in [0.05, 0.1) is 0 Å². The maximum Gasteiger partial charge on any atom is 0.169 e. The molecule has 0 radical (unpaired) electrons. The Morgan fingerprint density at radius 2 is 1.95 bits per heavy atom. The van der Waals surface area contributed by atoms with E-state index in [0.29, 0.717) is 12.0 Å². The number of hydrogen-bond donors (Lipinski definition) is 1. The van der Waals surface area contributed by atoms with E-state index in [1.54, 1.807) is 0 Å². The summed E-state index contributed by atoms with van der Waals surface area (Å²) in [5, 5.41) is 5.15. The van der Waals surface area contributed by atoms with E-state index in [9.17, 15) is 0 Å². The quantitative estimate of drug-likeness (QED) is 0.841. The minimum atomic E-state index is 0.531. The minimum absolute atomic E-state index is 0.531. The molecule has 1 aromatic carbocycles. The lowest BCUT2D eigenvalue weighted by Crippen LogP contribution is -2.46. The van der Waals surface area contributed by atoms with Crippen molar-refractivity contribution in [1.29, 1.82) is 0 Å². The fourth-order valence-electron chi connectivity index (χ4n) is 2.73. The van der Waals surface area contributed by atoms with Crippen molar-refractivity contribution in [3.8, 4) is 0 Å². The van der Waals surface area contributed by atoms with Crippen LogP contribution in [-0.4, -0.2) is 23.1 Å². The highest BCUT2D eigenvalue weighted by molar-refractivity contribution is 7.80. The molecule has 1 saturated carbocycles. The van der Waals surface area contributed by atoms with Gasteiger partial charge < -0.3 is 10.2 Å². The third-order valence-corrected chi connectivity index (χ3v) is 4.78. The normalized spacial score (nSPS) is 22.4. The zero-order valence-corrected chi connectivity index (χ0v) is 13.8. The molecule has 0 unspecified atom stereocenters. The molecule has 1 aliphatic carbocycles. The highest BCUT2D eigenvalue weighted by Crippen LogP contribution is 2.23. The fourth-order valence-corrected chi connectivity index (χ4v) is 3.08. The van der Waals surface area contributed by atoms with E-state index >= 15 is 0 Å². The van der Waals surface area contributed by atoms with Gasteiger partial charge in [-0.1, -0.05) is 43.5 Å². The van der Waals surface area contributed by atoms with E-state index in [4.69, 9.17) is 23.8 Å². The van der Waals surface area contributed by atoms with E-state index in [0.717, 1.165) is 16.7 Å². The van der Waals surface area contributed by atoms with Gasteiger partial charge in [0.1, 0.15) is 0 Å².